The number of nitrogens with zero attached hydrogens (tertiary/aromatic N) is 5. The number of aromatic nitrogens is 4. The summed E-state index contributed by atoms with van der Waals surface area (Å²) < 4.78 is 20.5. The van der Waals surface area contributed by atoms with Gasteiger partial charge in [-0.05, 0) is 12.8 Å². The number of nitrogen functional groups attached to an aromatic ring is 1. The van der Waals surface area contributed by atoms with E-state index in [1.165, 1.54) is 10.9 Å². The molecule has 140 valence electrons. The molecule has 1 aliphatic heterocycles. The first-order valence-corrected chi connectivity index (χ1v) is 8.30. The lowest BCUT2D eigenvalue weighted by Crippen LogP contribution is -2.34. The Morgan fingerprint density at radius 1 is 1.38 bits per heavy atom. The van der Waals surface area contributed by atoms with Crippen molar-refractivity contribution in [2.75, 3.05) is 37.0 Å². The molecule has 3 rings (SSSR count). The summed E-state index contributed by atoms with van der Waals surface area (Å²) in [6, 6.07) is 0. The maximum Gasteiger partial charge on any atom is 0.224 e. The summed E-state index contributed by atoms with van der Waals surface area (Å²) in [5.74, 6) is 2.70. The molecule has 2 aromatic heterocycles. The zero-order chi connectivity index (χ0) is 18.7. The molecule has 0 radical (unpaired) electrons. The third-order valence-corrected chi connectivity index (χ3v) is 4.30. The van der Waals surface area contributed by atoms with E-state index in [4.69, 9.17) is 16.9 Å². The molecule has 4 N–H and O–H groups in total. The van der Waals surface area contributed by atoms with Crippen molar-refractivity contribution in [1.82, 2.24) is 19.5 Å². The number of hydrogen-bond acceptors (Lipinski definition) is 8. The monoisotopic (exact) mass is 364 g/mol. The van der Waals surface area contributed by atoms with Gasteiger partial charge in [0.05, 0.1) is 12.9 Å². The van der Waals surface area contributed by atoms with Crippen LogP contribution < -0.4 is 10.6 Å². The number of halogens is 1. The zero-order valence-corrected chi connectivity index (χ0v) is 14.1. The summed E-state index contributed by atoms with van der Waals surface area (Å²) in [7, 11) is 0. The Morgan fingerprint density at radius 3 is 2.73 bits per heavy atom. The van der Waals surface area contributed by atoms with Crippen LogP contribution in [0, 0.1) is 12.3 Å². The van der Waals surface area contributed by atoms with Crippen LogP contribution in [0.1, 0.15) is 19.1 Å². The fraction of sp³-hybridized carbons (Fsp3) is 0.562. The van der Waals surface area contributed by atoms with E-state index >= 15 is 0 Å². The van der Waals surface area contributed by atoms with Crippen molar-refractivity contribution in [3.8, 4) is 12.3 Å². The largest absolute Gasteiger partial charge is 0.394 e. The molecular formula is C16H21FN6O3. The number of imidazole rings is 1. The molecular weight excluding hydrogens is 343 g/mol. The molecule has 0 aliphatic carbocycles. The minimum Gasteiger partial charge on any atom is -0.394 e. The summed E-state index contributed by atoms with van der Waals surface area (Å²) in [5.41, 5.74) is 6.63. The van der Waals surface area contributed by atoms with Gasteiger partial charge in [0.2, 0.25) is 5.95 Å². The number of aliphatic hydroxyl groups excluding tert-OH is 2. The second-order valence-electron chi connectivity index (χ2n) is 6.00. The van der Waals surface area contributed by atoms with Crippen LogP contribution in [0.4, 0.5) is 16.2 Å². The van der Waals surface area contributed by atoms with Crippen LogP contribution in [-0.2, 0) is 4.74 Å². The topological polar surface area (TPSA) is 123 Å². The molecule has 0 aromatic carbocycles. The average Bonchev–Trinajstić information content (AvgIpc) is 3.31. The highest BCUT2D eigenvalue weighted by atomic mass is 19.1. The molecule has 1 fully saturated rings. The van der Waals surface area contributed by atoms with E-state index in [9.17, 15) is 14.6 Å². The van der Waals surface area contributed by atoms with Gasteiger partial charge >= 0.3 is 0 Å². The van der Waals surface area contributed by atoms with E-state index in [1.807, 2.05) is 0 Å². The first-order chi connectivity index (χ1) is 12.6. The lowest BCUT2D eigenvalue weighted by Gasteiger charge is -2.24. The van der Waals surface area contributed by atoms with Gasteiger partial charge in [0.25, 0.3) is 0 Å². The highest BCUT2D eigenvalue weighted by Crippen LogP contribution is 2.28. The number of anilines is 2. The third-order valence-electron chi connectivity index (χ3n) is 4.30. The molecule has 2 aromatic rings. The van der Waals surface area contributed by atoms with E-state index in [-0.39, 0.29) is 5.95 Å². The number of alkyl halides is 1. The van der Waals surface area contributed by atoms with Crippen LogP contribution in [0.25, 0.3) is 11.2 Å². The number of nitrogens with two attached hydrogens (primary N) is 1. The highest BCUT2D eigenvalue weighted by molar-refractivity contribution is 5.85. The first kappa shape index (κ1) is 18.3. The summed E-state index contributed by atoms with van der Waals surface area (Å²) in [6.07, 6.45) is 4.91. The Labute approximate surface area is 149 Å². The molecule has 0 saturated carbocycles. The molecule has 10 heteroatoms. The van der Waals surface area contributed by atoms with E-state index in [0.29, 0.717) is 17.0 Å². The predicted octanol–water partition coefficient (Wildman–Crippen LogP) is -0.152. The number of hydrogen-bond donors (Lipinski definition) is 3. The molecule has 26 heavy (non-hydrogen) atoms. The summed E-state index contributed by atoms with van der Waals surface area (Å²) in [4.78, 5) is 14.8. The van der Waals surface area contributed by atoms with E-state index < -0.39 is 31.7 Å². The lowest BCUT2D eigenvalue weighted by atomic mass is 10.2. The molecule has 0 amide bonds. The Kier molecular flexibility index (Phi) is 5.51. The Morgan fingerprint density at radius 2 is 2.12 bits per heavy atom. The van der Waals surface area contributed by atoms with Gasteiger partial charge in [-0.3, -0.25) is 4.57 Å². The van der Waals surface area contributed by atoms with Gasteiger partial charge in [-0.1, -0.05) is 5.92 Å². The molecule has 1 saturated heterocycles. The zero-order valence-electron chi connectivity index (χ0n) is 14.1. The Balaban J connectivity index is 1.97. The van der Waals surface area contributed by atoms with Crippen LogP contribution in [0.3, 0.4) is 0 Å². The predicted molar refractivity (Wildman–Crippen MR) is 93.0 cm³/mol. The molecule has 0 unspecified atom stereocenters. The minimum absolute atomic E-state index is 0.0427. The van der Waals surface area contributed by atoms with Crippen molar-refractivity contribution >= 4 is 22.9 Å². The maximum atomic E-state index is 13.6. The second-order valence-corrected chi connectivity index (χ2v) is 6.00. The molecule has 1 aliphatic rings. The van der Waals surface area contributed by atoms with Gasteiger partial charge in [-0.15, -0.1) is 6.42 Å². The highest BCUT2D eigenvalue weighted by Gasteiger charge is 2.27. The number of terminal acetylenes is 1. The molecule has 0 bridgehead atoms. The van der Waals surface area contributed by atoms with Crippen LogP contribution in [0.15, 0.2) is 6.33 Å². The van der Waals surface area contributed by atoms with Gasteiger partial charge in [-0.2, -0.15) is 9.97 Å². The van der Waals surface area contributed by atoms with Crippen molar-refractivity contribution in [1.29, 1.82) is 0 Å². The van der Waals surface area contributed by atoms with Crippen molar-refractivity contribution < 1.29 is 19.3 Å². The van der Waals surface area contributed by atoms with E-state index in [1.54, 1.807) is 0 Å². The van der Waals surface area contributed by atoms with Crippen LogP contribution in [0.5, 0.6) is 0 Å². The second kappa shape index (κ2) is 7.82. The van der Waals surface area contributed by atoms with Crippen molar-refractivity contribution in [3.63, 3.8) is 0 Å². The molecule has 3 atom stereocenters. The average molecular weight is 364 g/mol. The fourth-order valence-electron chi connectivity index (χ4n) is 2.98. The number of ether oxygens (including phenoxy) is 1. The van der Waals surface area contributed by atoms with E-state index in [0.717, 1.165) is 25.9 Å². The van der Waals surface area contributed by atoms with Crippen LogP contribution in [-0.4, -0.2) is 68.3 Å². The minimum atomic E-state index is -1.37. The van der Waals surface area contributed by atoms with Gasteiger partial charge in [0, 0.05) is 13.1 Å². The summed E-state index contributed by atoms with van der Waals surface area (Å²) in [5, 5.41) is 19.0. The third kappa shape index (κ3) is 3.41. The van der Waals surface area contributed by atoms with Gasteiger partial charge in [0.15, 0.2) is 23.2 Å². The standard InChI is InChI=1S/C16H21FN6O3/c1-2-10(25)11(8-24)26-12(7-17)23-9-19-13-14(22-5-3-4-6-22)20-16(18)21-15(13)23/h1,9-12,24-25H,3-8H2,(H2,18,20,21)/t10-,11+,12+/m0/s1. The smallest absolute Gasteiger partial charge is 0.224 e. The summed E-state index contributed by atoms with van der Waals surface area (Å²) in [6.45, 7) is 0.164. The van der Waals surface area contributed by atoms with Gasteiger partial charge in [0.1, 0.15) is 18.9 Å². The molecule has 9 nitrogen and oxygen atoms in total. The quantitative estimate of drug-likeness (QED) is 0.580. The summed E-state index contributed by atoms with van der Waals surface area (Å²) >= 11 is 0. The number of aliphatic hydroxyl groups is 2. The normalized spacial score (nSPS) is 18.0. The maximum absolute atomic E-state index is 13.6. The number of fused-ring (bicyclic) bond motifs is 1. The van der Waals surface area contributed by atoms with Crippen molar-refractivity contribution in [3.05, 3.63) is 6.33 Å². The molecule has 0 spiro atoms. The Bertz CT molecular complexity index is 801. The number of rotatable bonds is 7. The lowest BCUT2D eigenvalue weighted by molar-refractivity contribution is -0.115. The fourth-order valence-corrected chi connectivity index (χ4v) is 2.98. The Hall–Kier alpha value is -2.48. The van der Waals surface area contributed by atoms with Crippen LogP contribution in [0.2, 0.25) is 0 Å². The first-order valence-electron chi connectivity index (χ1n) is 8.30. The SMILES string of the molecule is C#C[C@H](O)[C@@H](CO)O[C@H](CF)n1cnc2c(N3CCCC3)nc(N)nc21. The van der Waals surface area contributed by atoms with Crippen LogP contribution >= 0.6 is 0 Å². The van der Waals surface area contributed by atoms with Gasteiger partial charge < -0.3 is 25.6 Å². The molecule has 3 heterocycles. The van der Waals surface area contributed by atoms with E-state index in [2.05, 4.69) is 25.8 Å². The van der Waals surface area contributed by atoms with Crippen molar-refractivity contribution in [2.24, 2.45) is 0 Å². The van der Waals surface area contributed by atoms with Crippen molar-refractivity contribution in [2.45, 2.75) is 31.3 Å². The van der Waals surface area contributed by atoms with Gasteiger partial charge in [-0.25, -0.2) is 9.37 Å².